The number of alkyl halides is 1. The van der Waals surface area contributed by atoms with Crippen molar-refractivity contribution in [3.8, 4) is 5.75 Å². The summed E-state index contributed by atoms with van der Waals surface area (Å²) >= 11 is 5.48. The summed E-state index contributed by atoms with van der Waals surface area (Å²) in [6, 6.07) is 7.89. The number of alkyl carbamates (subject to hydrolysis) is 1. The zero-order chi connectivity index (χ0) is 18.8. The number of ether oxygens (including phenoxy) is 2. The fraction of sp³-hybridized carbons (Fsp3) is 0.579. The predicted molar refractivity (Wildman–Crippen MR) is 101 cm³/mol. The van der Waals surface area contributed by atoms with Gasteiger partial charge in [-0.25, -0.2) is 4.79 Å². The van der Waals surface area contributed by atoms with E-state index in [4.69, 9.17) is 21.1 Å². The molecular weight excluding hydrogens is 356 g/mol. The average Bonchev–Trinajstić information content (AvgIpc) is 2.66. The first kappa shape index (κ1) is 20.4. The highest BCUT2D eigenvalue weighted by molar-refractivity contribution is 6.18. The summed E-state index contributed by atoms with van der Waals surface area (Å²) in [4.78, 5) is 25.6. The Labute approximate surface area is 159 Å². The summed E-state index contributed by atoms with van der Waals surface area (Å²) in [6.45, 7) is 3.56. The number of nitrogens with one attached hydrogen (secondary N) is 1. The van der Waals surface area contributed by atoms with Crippen molar-refractivity contribution in [2.75, 3.05) is 32.2 Å². The van der Waals surface area contributed by atoms with Crippen molar-refractivity contribution in [3.63, 3.8) is 0 Å². The van der Waals surface area contributed by atoms with Gasteiger partial charge >= 0.3 is 6.09 Å². The molecule has 0 unspecified atom stereocenters. The van der Waals surface area contributed by atoms with Crippen molar-refractivity contribution in [3.05, 3.63) is 29.8 Å². The second-order valence-corrected chi connectivity index (χ2v) is 6.68. The van der Waals surface area contributed by atoms with Crippen molar-refractivity contribution in [1.82, 2.24) is 10.2 Å². The predicted octanol–water partition coefficient (Wildman–Crippen LogP) is 2.97. The maximum atomic E-state index is 12.3. The lowest BCUT2D eigenvalue weighted by Crippen LogP contribution is -2.47. The molecule has 0 radical (unpaired) electrons. The number of rotatable bonds is 8. The molecule has 6 nitrogen and oxygen atoms in total. The van der Waals surface area contributed by atoms with Crippen LogP contribution in [0.3, 0.4) is 0 Å². The number of benzene rings is 1. The second kappa shape index (κ2) is 10.9. The Morgan fingerprint density at radius 3 is 2.54 bits per heavy atom. The highest BCUT2D eigenvalue weighted by atomic mass is 35.5. The molecule has 1 heterocycles. The van der Waals surface area contributed by atoms with Gasteiger partial charge in [-0.1, -0.05) is 25.5 Å². The molecule has 1 aromatic rings. The molecular formula is C19H27ClN2O4. The largest absolute Gasteiger partial charge is 0.484 e. The van der Waals surface area contributed by atoms with Crippen molar-refractivity contribution < 1.29 is 19.1 Å². The maximum absolute atomic E-state index is 12.3. The molecule has 26 heavy (non-hydrogen) atoms. The summed E-state index contributed by atoms with van der Waals surface area (Å²) in [6.07, 6.45) is 3.10. The van der Waals surface area contributed by atoms with Gasteiger partial charge in [0.15, 0.2) is 6.61 Å². The van der Waals surface area contributed by atoms with Gasteiger partial charge in [-0.05, 0) is 37.0 Å². The van der Waals surface area contributed by atoms with Gasteiger partial charge in [0, 0.05) is 19.1 Å². The highest BCUT2D eigenvalue weighted by Gasteiger charge is 2.24. The molecule has 0 aromatic heterocycles. The normalized spacial score (nSPS) is 14.8. The van der Waals surface area contributed by atoms with Crippen LogP contribution in [0.25, 0.3) is 0 Å². The Morgan fingerprint density at radius 1 is 1.23 bits per heavy atom. The van der Waals surface area contributed by atoms with Crippen LogP contribution in [-0.4, -0.2) is 55.1 Å². The van der Waals surface area contributed by atoms with E-state index in [9.17, 15) is 9.59 Å². The Kier molecular flexibility index (Phi) is 8.54. The van der Waals surface area contributed by atoms with Crippen LogP contribution in [0.4, 0.5) is 4.79 Å². The third-order valence-electron chi connectivity index (χ3n) is 4.30. The molecule has 144 valence electrons. The lowest BCUT2D eigenvalue weighted by Gasteiger charge is -2.32. The Morgan fingerprint density at radius 2 is 1.92 bits per heavy atom. The van der Waals surface area contributed by atoms with Gasteiger partial charge in [0.25, 0.3) is 5.91 Å². The maximum Gasteiger partial charge on any atom is 0.407 e. The molecule has 7 heteroatoms. The topological polar surface area (TPSA) is 67.9 Å². The number of carbonyl (C=O) groups is 2. The van der Waals surface area contributed by atoms with E-state index in [1.165, 1.54) is 5.56 Å². The van der Waals surface area contributed by atoms with E-state index in [1.807, 2.05) is 24.3 Å². The van der Waals surface area contributed by atoms with E-state index in [0.717, 1.165) is 12.8 Å². The average molecular weight is 383 g/mol. The summed E-state index contributed by atoms with van der Waals surface area (Å²) < 4.78 is 10.5. The van der Waals surface area contributed by atoms with Crippen LogP contribution < -0.4 is 10.1 Å². The van der Waals surface area contributed by atoms with Gasteiger partial charge in [0.2, 0.25) is 0 Å². The number of aryl methyl sites for hydroxylation is 1. The molecule has 1 aliphatic rings. The quantitative estimate of drug-likeness (QED) is 0.702. The van der Waals surface area contributed by atoms with Crippen LogP contribution >= 0.6 is 11.6 Å². The van der Waals surface area contributed by atoms with Gasteiger partial charge in [-0.15, -0.1) is 11.6 Å². The lowest BCUT2D eigenvalue weighted by molar-refractivity contribution is -0.134. The molecule has 1 aromatic carbocycles. The van der Waals surface area contributed by atoms with Gasteiger partial charge in [-0.2, -0.15) is 0 Å². The van der Waals surface area contributed by atoms with Crippen LogP contribution in [0.15, 0.2) is 24.3 Å². The van der Waals surface area contributed by atoms with Crippen LogP contribution in [0.1, 0.15) is 31.7 Å². The molecule has 1 fully saturated rings. The zero-order valence-corrected chi connectivity index (χ0v) is 16.0. The van der Waals surface area contributed by atoms with Crippen molar-refractivity contribution in [2.24, 2.45) is 0 Å². The van der Waals surface area contributed by atoms with Crippen molar-refractivity contribution >= 4 is 23.6 Å². The minimum Gasteiger partial charge on any atom is -0.484 e. The third-order valence-corrected chi connectivity index (χ3v) is 4.46. The monoisotopic (exact) mass is 382 g/mol. The molecule has 1 N–H and O–H groups in total. The number of hydrogen-bond donors (Lipinski definition) is 1. The first-order chi connectivity index (χ1) is 12.6. The van der Waals surface area contributed by atoms with E-state index in [0.29, 0.717) is 31.7 Å². The molecule has 0 saturated carbocycles. The second-order valence-electron chi connectivity index (χ2n) is 6.31. The fourth-order valence-electron chi connectivity index (χ4n) is 2.89. The van der Waals surface area contributed by atoms with Crippen LogP contribution in [0.2, 0.25) is 0 Å². The molecule has 1 aliphatic heterocycles. The molecule has 1 saturated heterocycles. The van der Waals surface area contributed by atoms with Crippen LogP contribution in [-0.2, 0) is 16.0 Å². The minimum absolute atomic E-state index is 0.0221. The smallest absolute Gasteiger partial charge is 0.407 e. The first-order valence-electron chi connectivity index (χ1n) is 9.11. The number of likely N-dealkylation sites (tertiary alicyclic amines) is 1. The Balaban J connectivity index is 1.68. The number of nitrogens with zero attached hydrogens (tertiary/aromatic N) is 1. The molecule has 0 aliphatic carbocycles. The third kappa shape index (κ3) is 6.75. The zero-order valence-electron chi connectivity index (χ0n) is 15.2. The molecule has 2 amide bonds. The van der Waals surface area contributed by atoms with E-state index in [1.54, 1.807) is 4.90 Å². The van der Waals surface area contributed by atoms with E-state index in [2.05, 4.69) is 12.2 Å². The minimum atomic E-state index is -0.453. The number of hydrogen-bond acceptors (Lipinski definition) is 4. The van der Waals surface area contributed by atoms with Gasteiger partial charge in [-0.3, -0.25) is 4.79 Å². The summed E-state index contributed by atoms with van der Waals surface area (Å²) in [5.41, 5.74) is 1.27. The molecule has 0 atom stereocenters. The van der Waals surface area contributed by atoms with Gasteiger partial charge < -0.3 is 19.7 Å². The van der Waals surface area contributed by atoms with Crippen molar-refractivity contribution in [2.45, 2.75) is 38.6 Å². The Hall–Kier alpha value is -1.95. The first-order valence-corrected chi connectivity index (χ1v) is 9.64. The highest BCUT2D eigenvalue weighted by Crippen LogP contribution is 2.15. The molecule has 2 rings (SSSR count). The number of amides is 2. The molecule has 0 bridgehead atoms. The standard InChI is InChI=1S/C19H27ClN2O4/c1-2-3-15-4-6-17(7-5-15)26-14-18(23)22-11-8-16(9-12-22)21-19(24)25-13-10-20/h4-7,16H,2-3,8-14H2,1H3,(H,21,24). The van der Waals surface area contributed by atoms with Crippen LogP contribution in [0.5, 0.6) is 5.75 Å². The number of carbonyl (C=O) groups excluding carboxylic acids is 2. The van der Waals surface area contributed by atoms with Gasteiger partial charge in [0.1, 0.15) is 12.4 Å². The van der Waals surface area contributed by atoms with E-state index < -0.39 is 6.09 Å². The van der Waals surface area contributed by atoms with E-state index in [-0.39, 0.29) is 31.0 Å². The number of piperidine rings is 1. The number of halogens is 1. The summed E-state index contributed by atoms with van der Waals surface area (Å²) in [5, 5.41) is 2.80. The van der Waals surface area contributed by atoms with E-state index >= 15 is 0 Å². The fourth-order valence-corrected chi connectivity index (χ4v) is 2.97. The van der Waals surface area contributed by atoms with Crippen LogP contribution in [0, 0.1) is 0 Å². The molecule has 0 spiro atoms. The Bertz CT molecular complexity index is 571. The summed E-state index contributed by atoms with van der Waals surface area (Å²) in [7, 11) is 0. The van der Waals surface area contributed by atoms with Gasteiger partial charge in [0.05, 0.1) is 5.88 Å². The SMILES string of the molecule is CCCc1ccc(OCC(=O)N2CCC(NC(=O)OCCCl)CC2)cc1. The van der Waals surface area contributed by atoms with Crippen molar-refractivity contribution in [1.29, 1.82) is 0 Å². The lowest BCUT2D eigenvalue weighted by atomic mass is 10.1. The summed E-state index contributed by atoms with van der Waals surface area (Å²) in [5.74, 6) is 0.949.